The molecule has 0 spiro atoms. The Balaban J connectivity index is 1.71. The van der Waals surface area contributed by atoms with Gasteiger partial charge in [0.1, 0.15) is 0 Å². The van der Waals surface area contributed by atoms with Crippen LogP contribution in [-0.4, -0.2) is 18.1 Å². The summed E-state index contributed by atoms with van der Waals surface area (Å²) in [5.41, 5.74) is 1.71. The lowest BCUT2D eigenvalue weighted by Crippen LogP contribution is -2.35. The number of nitrogens with zero attached hydrogens (tertiary/aromatic N) is 1. The number of pyridine rings is 1. The van der Waals surface area contributed by atoms with Crippen LogP contribution in [0.4, 0.5) is 0 Å². The SMILES string of the molecule is CCCNCC1(Cc2ccncc2Cl)CC2CC2C1. The van der Waals surface area contributed by atoms with E-state index >= 15 is 0 Å². The maximum atomic E-state index is 6.29. The number of aromatic nitrogens is 1. The van der Waals surface area contributed by atoms with E-state index in [2.05, 4.69) is 23.3 Å². The van der Waals surface area contributed by atoms with Crippen LogP contribution in [0.1, 0.15) is 38.2 Å². The second-order valence-corrected chi connectivity index (χ2v) is 6.89. The van der Waals surface area contributed by atoms with E-state index in [0.29, 0.717) is 5.41 Å². The number of nitrogens with one attached hydrogen (secondary N) is 1. The van der Waals surface area contributed by atoms with Gasteiger partial charge in [-0.2, -0.15) is 0 Å². The summed E-state index contributed by atoms with van der Waals surface area (Å²) < 4.78 is 0. The van der Waals surface area contributed by atoms with Crippen LogP contribution in [0.5, 0.6) is 0 Å². The Morgan fingerprint density at radius 3 is 2.89 bits per heavy atom. The normalized spacial score (nSPS) is 32.3. The van der Waals surface area contributed by atoms with E-state index in [1.165, 1.54) is 31.2 Å². The average molecular weight is 279 g/mol. The largest absolute Gasteiger partial charge is 0.316 e. The Morgan fingerprint density at radius 2 is 2.21 bits per heavy atom. The van der Waals surface area contributed by atoms with Crippen molar-refractivity contribution in [3.05, 3.63) is 29.0 Å². The lowest BCUT2D eigenvalue weighted by atomic mass is 9.77. The van der Waals surface area contributed by atoms with E-state index in [4.69, 9.17) is 11.6 Å². The van der Waals surface area contributed by atoms with Gasteiger partial charge in [0, 0.05) is 18.9 Å². The molecule has 0 amide bonds. The third kappa shape index (κ3) is 2.95. The van der Waals surface area contributed by atoms with Crippen molar-refractivity contribution in [1.29, 1.82) is 0 Å². The van der Waals surface area contributed by atoms with Crippen molar-refractivity contribution in [3.8, 4) is 0 Å². The first-order chi connectivity index (χ1) is 9.22. The molecule has 1 heterocycles. The van der Waals surface area contributed by atoms with Gasteiger partial charge in [-0.05, 0) is 67.5 Å². The molecule has 2 nitrogen and oxygen atoms in total. The molecule has 2 aliphatic rings. The molecule has 2 aliphatic carbocycles. The van der Waals surface area contributed by atoms with Crippen molar-refractivity contribution < 1.29 is 0 Å². The van der Waals surface area contributed by atoms with Crippen LogP contribution in [0.2, 0.25) is 5.02 Å². The highest BCUT2D eigenvalue weighted by Gasteiger charge is 2.53. The molecule has 0 saturated heterocycles. The van der Waals surface area contributed by atoms with Gasteiger partial charge in [0.25, 0.3) is 0 Å². The van der Waals surface area contributed by atoms with Crippen LogP contribution < -0.4 is 5.32 Å². The molecule has 0 aliphatic heterocycles. The fraction of sp³-hybridized carbons (Fsp3) is 0.688. The van der Waals surface area contributed by atoms with Gasteiger partial charge in [-0.25, -0.2) is 0 Å². The Morgan fingerprint density at radius 1 is 1.42 bits per heavy atom. The fourth-order valence-corrected chi connectivity index (χ4v) is 4.03. The molecule has 0 radical (unpaired) electrons. The molecule has 2 atom stereocenters. The zero-order valence-corrected chi connectivity index (χ0v) is 12.4. The van der Waals surface area contributed by atoms with Crippen molar-refractivity contribution in [2.75, 3.05) is 13.1 Å². The summed E-state index contributed by atoms with van der Waals surface area (Å²) in [6.45, 7) is 4.50. The van der Waals surface area contributed by atoms with E-state index in [-0.39, 0.29) is 0 Å². The van der Waals surface area contributed by atoms with Crippen LogP contribution in [0.25, 0.3) is 0 Å². The van der Waals surface area contributed by atoms with Crippen molar-refractivity contribution in [2.45, 2.75) is 39.0 Å². The van der Waals surface area contributed by atoms with E-state index in [1.807, 2.05) is 6.20 Å². The summed E-state index contributed by atoms with van der Waals surface area (Å²) in [5.74, 6) is 2.01. The van der Waals surface area contributed by atoms with Crippen molar-refractivity contribution in [1.82, 2.24) is 10.3 Å². The van der Waals surface area contributed by atoms with Crippen molar-refractivity contribution in [3.63, 3.8) is 0 Å². The fourth-order valence-electron chi connectivity index (χ4n) is 3.84. The molecule has 0 aromatic carbocycles. The molecule has 3 heteroatoms. The third-order valence-corrected chi connectivity index (χ3v) is 5.15. The number of hydrogen-bond donors (Lipinski definition) is 1. The predicted octanol–water partition coefficient (Wildman–Crippen LogP) is 3.69. The smallest absolute Gasteiger partial charge is 0.0621 e. The molecule has 1 aromatic rings. The minimum atomic E-state index is 0.438. The molecule has 2 saturated carbocycles. The van der Waals surface area contributed by atoms with E-state index in [0.717, 1.165) is 36.4 Å². The second kappa shape index (κ2) is 5.41. The van der Waals surface area contributed by atoms with E-state index in [1.54, 1.807) is 6.20 Å². The molecular weight excluding hydrogens is 256 g/mol. The van der Waals surface area contributed by atoms with Gasteiger partial charge in [0.05, 0.1) is 5.02 Å². The molecule has 1 N–H and O–H groups in total. The minimum absolute atomic E-state index is 0.438. The molecule has 2 unspecified atom stereocenters. The van der Waals surface area contributed by atoms with Crippen LogP contribution in [0.15, 0.2) is 18.5 Å². The number of halogens is 1. The maximum absolute atomic E-state index is 6.29. The van der Waals surface area contributed by atoms with E-state index in [9.17, 15) is 0 Å². The summed E-state index contributed by atoms with van der Waals surface area (Å²) in [5, 5.41) is 4.47. The van der Waals surface area contributed by atoms with Gasteiger partial charge in [-0.3, -0.25) is 4.98 Å². The molecule has 1 aromatic heterocycles. The quantitative estimate of drug-likeness (QED) is 0.803. The number of fused-ring (bicyclic) bond motifs is 1. The zero-order chi connectivity index (χ0) is 13.3. The lowest BCUT2D eigenvalue weighted by Gasteiger charge is -2.32. The standard InChI is InChI=1S/C16H23ClN2/c1-2-4-19-11-16(8-13-6-14(13)9-16)7-12-3-5-18-10-15(12)17/h3,5,10,13-14,19H,2,4,6-9,11H2,1H3. The van der Waals surface area contributed by atoms with Crippen LogP contribution >= 0.6 is 11.6 Å². The van der Waals surface area contributed by atoms with Crippen molar-refractivity contribution in [2.24, 2.45) is 17.3 Å². The topological polar surface area (TPSA) is 24.9 Å². The molecule has 2 fully saturated rings. The highest BCUT2D eigenvalue weighted by atomic mass is 35.5. The van der Waals surface area contributed by atoms with Gasteiger partial charge in [0.2, 0.25) is 0 Å². The summed E-state index contributed by atoms with van der Waals surface area (Å²) in [7, 11) is 0. The Bertz CT molecular complexity index is 436. The van der Waals surface area contributed by atoms with Gasteiger partial charge in [-0.15, -0.1) is 0 Å². The molecule has 19 heavy (non-hydrogen) atoms. The monoisotopic (exact) mass is 278 g/mol. The molecule has 104 valence electrons. The van der Waals surface area contributed by atoms with Gasteiger partial charge in [0.15, 0.2) is 0 Å². The molecule has 3 rings (SSSR count). The zero-order valence-electron chi connectivity index (χ0n) is 11.7. The van der Waals surface area contributed by atoms with Crippen LogP contribution in [-0.2, 0) is 6.42 Å². The minimum Gasteiger partial charge on any atom is -0.316 e. The van der Waals surface area contributed by atoms with Crippen molar-refractivity contribution >= 4 is 11.6 Å². The Kier molecular flexibility index (Phi) is 3.81. The highest BCUT2D eigenvalue weighted by Crippen LogP contribution is 2.60. The van der Waals surface area contributed by atoms with Gasteiger partial charge in [-0.1, -0.05) is 18.5 Å². The van der Waals surface area contributed by atoms with E-state index < -0.39 is 0 Å². The summed E-state index contributed by atoms with van der Waals surface area (Å²) >= 11 is 6.29. The van der Waals surface area contributed by atoms with Crippen LogP contribution in [0, 0.1) is 17.3 Å². The first kappa shape index (κ1) is 13.4. The van der Waals surface area contributed by atoms with Gasteiger partial charge < -0.3 is 5.32 Å². The molecular formula is C16H23ClN2. The summed E-state index contributed by atoms with van der Waals surface area (Å²) in [6, 6.07) is 2.09. The van der Waals surface area contributed by atoms with Crippen LogP contribution in [0.3, 0.4) is 0 Å². The summed E-state index contributed by atoms with van der Waals surface area (Å²) in [4.78, 5) is 4.09. The number of hydrogen-bond acceptors (Lipinski definition) is 2. The molecule has 0 bridgehead atoms. The first-order valence-electron chi connectivity index (χ1n) is 7.51. The lowest BCUT2D eigenvalue weighted by molar-refractivity contribution is 0.249. The maximum Gasteiger partial charge on any atom is 0.0621 e. The predicted molar refractivity (Wildman–Crippen MR) is 79.4 cm³/mol. The second-order valence-electron chi connectivity index (χ2n) is 6.48. The highest BCUT2D eigenvalue weighted by molar-refractivity contribution is 6.31. The summed E-state index contributed by atoms with van der Waals surface area (Å²) in [6.07, 6.45) is 10.2. The Hall–Kier alpha value is -0.600. The first-order valence-corrected chi connectivity index (χ1v) is 7.89. The Labute approximate surface area is 121 Å². The average Bonchev–Trinajstić information content (AvgIpc) is 3.01. The third-order valence-electron chi connectivity index (χ3n) is 4.81. The van der Waals surface area contributed by atoms with Gasteiger partial charge >= 0.3 is 0 Å². The number of rotatable bonds is 6.